The molecule has 0 spiro atoms. The number of hydrogen-bond donors (Lipinski definition) is 1. The van der Waals surface area contributed by atoms with Gasteiger partial charge in [-0.05, 0) is 52.9 Å². The zero-order valence-corrected chi connectivity index (χ0v) is 13.4. The average Bonchev–Trinajstić information content (AvgIpc) is 2.41. The molecule has 0 aliphatic rings. The van der Waals surface area contributed by atoms with Crippen LogP contribution in [0.4, 0.5) is 8.78 Å². The van der Waals surface area contributed by atoms with Gasteiger partial charge in [0.2, 0.25) is 5.82 Å². The third kappa shape index (κ3) is 3.09. The van der Waals surface area contributed by atoms with E-state index in [0.29, 0.717) is 4.47 Å². The van der Waals surface area contributed by atoms with Crippen LogP contribution < -0.4 is 4.74 Å². The smallest absolute Gasteiger partial charge is 0.339 e. The molecule has 0 aliphatic carbocycles. The third-order valence-electron chi connectivity index (χ3n) is 2.39. The molecule has 2 aromatic carbocycles. The van der Waals surface area contributed by atoms with Crippen molar-refractivity contribution in [1.82, 2.24) is 0 Å². The SMILES string of the molecule is O=C(O)c1cc(Br)ccc1Oc1ccc(I)c(F)c1F. The molecule has 0 radical (unpaired) electrons. The maximum atomic E-state index is 13.7. The Hall–Kier alpha value is -1.22. The van der Waals surface area contributed by atoms with Gasteiger partial charge in [0.15, 0.2) is 11.6 Å². The second-order valence-electron chi connectivity index (χ2n) is 3.72. The number of carboxylic acids is 1. The van der Waals surface area contributed by atoms with Gasteiger partial charge in [-0.25, -0.2) is 9.18 Å². The molecule has 2 rings (SSSR count). The van der Waals surface area contributed by atoms with E-state index in [1.807, 2.05) is 0 Å². The Morgan fingerprint density at radius 3 is 2.45 bits per heavy atom. The molecule has 0 saturated heterocycles. The third-order valence-corrected chi connectivity index (χ3v) is 3.72. The van der Waals surface area contributed by atoms with E-state index in [0.717, 1.165) is 0 Å². The maximum Gasteiger partial charge on any atom is 0.339 e. The van der Waals surface area contributed by atoms with Crippen molar-refractivity contribution in [3.63, 3.8) is 0 Å². The van der Waals surface area contributed by atoms with Crippen molar-refractivity contribution in [2.24, 2.45) is 0 Å². The van der Waals surface area contributed by atoms with E-state index in [4.69, 9.17) is 9.84 Å². The number of aromatic carboxylic acids is 1. The highest BCUT2D eigenvalue weighted by Crippen LogP contribution is 2.31. The van der Waals surface area contributed by atoms with E-state index in [1.54, 1.807) is 28.7 Å². The van der Waals surface area contributed by atoms with Crippen LogP contribution in [0.25, 0.3) is 0 Å². The van der Waals surface area contributed by atoms with Crippen molar-refractivity contribution < 1.29 is 23.4 Å². The van der Waals surface area contributed by atoms with Crippen molar-refractivity contribution >= 4 is 44.5 Å². The molecule has 3 nitrogen and oxygen atoms in total. The van der Waals surface area contributed by atoms with Gasteiger partial charge in [-0.1, -0.05) is 15.9 Å². The van der Waals surface area contributed by atoms with Gasteiger partial charge in [0.1, 0.15) is 11.3 Å². The van der Waals surface area contributed by atoms with Crippen LogP contribution in [0.3, 0.4) is 0 Å². The maximum absolute atomic E-state index is 13.7. The molecule has 0 aromatic heterocycles. The predicted octanol–water partition coefficient (Wildman–Crippen LogP) is 4.82. The first kappa shape index (κ1) is 15.2. The number of ether oxygens (including phenoxy) is 1. The van der Waals surface area contributed by atoms with Gasteiger partial charge in [-0.2, -0.15) is 4.39 Å². The molecule has 0 aliphatic heterocycles. The van der Waals surface area contributed by atoms with Crippen LogP contribution in [-0.2, 0) is 0 Å². The highest BCUT2D eigenvalue weighted by molar-refractivity contribution is 14.1. The number of rotatable bonds is 3. The fourth-order valence-electron chi connectivity index (χ4n) is 1.46. The largest absolute Gasteiger partial charge is 0.478 e. The first-order valence-corrected chi connectivity index (χ1v) is 7.11. The molecule has 1 N–H and O–H groups in total. The second kappa shape index (κ2) is 6.04. The molecule has 104 valence electrons. The summed E-state index contributed by atoms with van der Waals surface area (Å²) in [5.41, 5.74) is -0.155. The number of benzene rings is 2. The minimum atomic E-state index is -1.23. The van der Waals surface area contributed by atoms with Crippen LogP contribution in [0.15, 0.2) is 34.8 Å². The average molecular weight is 455 g/mol. The molecule has 0 fully saturated rings. The lowest BCUT2D eigenvalue weighted by Crippen LogP contribution is -2.01. The van der Waals surface area contributed by atoms with Gasteiger partial charge < -0.3 is 9.84 Å². The second-order valence-corrected chi connectivity index (χ2v) is 5.80. The Balaban J connectivity index is 2.45. The summed E-state index contributed by atoms with van der Waals surface area (Å²) >= 11 is 4.78. The quantitative estimate of drug-likeness (QED) is 0.534. The lowest BCUT2D eigenvalue weighted by Gasteiger charge is -2.10. The molecular weight excluding hydrogens is 449 g/mol. The Kier molecular flexibility index (Phi) is 4.59. The number of hydrogen-bond acceptors (Lipinski definition) is 2. The molecule has 0 bridgehead atoms. The van der Waals surface area contributed by atoms with Crippen LogP contribution in [0, 0.1) is 15.2 Å². The van der Waals surface area contributed by atoms with Crippen molar-refractivity contribution in [3.05, 3.63) is 55.6 Å². The predicted molar refractivity (Wildman–Crippen MR) is 80.3 cm³/mol. The van der Waals surface area contributed by atoms with Gasteiger partial charge in [-0.15, -0.1) is 0 Å². The fraction of sp³-hybridized carbons (Fsp3) is 0. The molecule has 0 amide bonds. The van der Waals surface area contributed by atoms with Crippen LogP contribution in [-0.4, -0.2) is 11.1 Å². The summed E-state index contributed by atoms with van der Waals surface area (Å²) in [6.07, 6.45) is 0. The van der Waals surface area contributed by atoms with Crippen molar-refractivity contribution in [2.45, 2.75) is 0 Å². The summed E-state index contributed by atoms with van der Waals surface area (Å²) in [6.45, 7) is 0. The highest BCUT2D eigenvalue weighted by atomic mass is 127. The standard InChI is InChI=1S/C13H6BrF2IO3/c14-6-1-3-9(7(5-6)13(18)19)20-10-4-2-8(17)11(15)12(10)16/h1-5H,(H,18,19). The van der Waals surface area contributed by atoms with Crippen molar-refractivity contribution in [1.29, 1.82) is 0 Å². The van der Waals surface area contributed by atoms with Gasteiger partial charge in [0.05, 0.1) is 3.57 Å². The highest BCUT2D eigenvalue weighted by Gasteiger charge is 2.17. The van der Waals surface area contributed by atoms with E-state index in [2.05, 4.69) is 15.9 Å². The van der Waals surface area contributed by atoms with E-state index in [9.17, 15) is 13.6 Å². The molecule has 0 saturated carbocycles. The minimum absolute atomic E-state index is 0.0693. The first-order chi connectivity index (χ1) is 9.40. The Morgan fingerprint density at radius 2 is 1.80 bits per heavy atom. The van der Waals surface area contributed by atoms with Gasteiger partial charge >= 0.3 is 5.97 Å². The first-order valence-electron chi connectivity index (χ1n) is 5.24. The summed E-state index contributed by atoms with van der Waals surface area (Å²) in [6, 6.07) is 6.81. The van der Waals surface area contributed by atoms with E-state index in [-0.39, 0.29) is 20.6 Å². The number of carboxylic acid groups (broad SMARTS) is 1. The fourth-order valence-corrected chi connectivity index (χ4v) is 2.24. The molecule has 2 aromatic rings. The summed E-state index contributed by atoms with van der Waals surface area (Å²) in [5.74, 6) is -3.85. The van der Waals surface area contributed by atoms with Gasteiger partial charge in [0.25, 0.3) is 0 Å². The molecule has 0 atom stereocenters. The van der Waals surface area contributed by atoms with E-state index < -0.39 is 17.6 Å². The Labute approximate surface area is 134 Å². The summed E-state index contributed by atoms with van der Waals surface area (Å²) in [7, 11) is 0. The molecule has 7 heteroatoms. The monoisotopic (exact) mass is 454 g/mol. The minimum Gasteiger partial charge on any atom is -0.478 e. The molecular formula is C13H6BrF2IO3. The van der Waals surface area contributed by atoms with E-state index in [1.165, 1.54) is 24.3 Å². The van der Waals surface area contributed by atoms with Gasteiger partial charge in [-0.3, -0.25) is 0 Å². The summed E-state index contributed by atoms with van der Waals surface area (Å²) in [5, 5.41) is 9.07. The summed E-state index contributed by atoms with van der Waals surface area (Å²) < 4.78 is 33.0. The number of halogens is 4. The van der Waals surface area contributed by atoms with Gasteiger partial charge in [0, 0.05) is 4.47 Å². The molecule has 20 heavy (non-hydrogen) atoms. The van der Waals surface area contributed by atoms with Crippen LogP contribution in [0.5, 0.6) is 11.5 Å². The Morgan fingerprint density at radius 1 is 1.15 bits per heavy atom. The lowest BCUT2D eigenvalue weighted by molar-refractivity contribution is 0.0694. The number of carbonyl (C=O) groups is 1. The topological polar surface area (TPSA) is 46.5 Å². The molecule has 0 unspecified atom stereocenters. The van der Waals surface area contributed by atoms with E-state index >= 15 is 0 Å². The lowest BCUT2D eigenvalue weighted by atomic mass is 10.2. The van der Waals surface area contributed by atoms with Crippen LogP contribution >= 0.6 is 38.5 Å². The molecule has 0 heterocycles. The van der Waals surface area contributed by atoms with Crippen molar-refractivity contribution in [3.8, 4) is 11.5 Å². The van der Waals surface area contributed by atoms with Crippen LogP contribution in [0.2, 0.25) is 0 Å². The zero-order valence-electron chi connectivity index (χ0n) is 9.66. The summed E-state index contributed by atoms with van der Waals surface area (Å²) in [4.78, 5) is 11.1. The normalized spacial score (nSPS) is 10.4. The zero-order chi connectivity index (χ0) is 14.9. The van der Waals surface area contributed by atoms with Crippen LogP contribution in [0.1, 0.15) is 10.4 Å². The van der Waals surface area contributed by atoms with Crippen molar-refractivity contribution in [2.75, 3.05) is 0 Å². The Bertz CT molecular complexity index is 692.